The van der Waals surface area contributed by atoms with Gasteiger partial charge in [-0.1, -0.05) is 121 Å². The molecule has 252 valence electrons. The fourth-order valence-electron chi connectivity index (χ4n) is 7.61. The predicted octanol–water partition coefficient (Wildman–Crippen LogP) is 11.2. The van der Waals surface area contributed by atoms with Gasteiger partial charge in [0.1, 0.15) is 12.2 Å². The van der Waals surface area contributed by atoms with Gasteiger partial charge in [-0.2, -0.15) is 0 Å². The van der Waals surface area contributed by atoms with E-state index in [-0.39, 0.29) is 0 Å². The van der Waals surface area contributed by atoms with Crippen LogP contribution < -0.4 is 0 Å². The van der Waals surface area contributed by atoms with Crippen LogP contribution in [0.15, 0.2) is 146 Å². The summed E-state index contributed by atoms with van der Waals surface area (Å²) in [5.41, 5.74) is 15.2. The Balaban J connectivity index is 1.52. The Morgan fingerprint density at radius 1 is 0.385 bits per heavy atom. The van der Waals surface area contributed by atoms with Gasteiger partial charge in [0.15, 0.2) is 0 Å². The van der Waals surface area contributed by atoms with Gasteiger partial charge in [0.2, 0.25) is 0 Å². The van der Waals surface area contributed by atoms with Crippen molar-refractivity contribution in [1.29, 1.82) is 0 Å². The van der Waals surface area contributed by atoms with Crippen LogP contribution in [0.25, 0.3) is 78.7 Å². The summed E-state index contributed by atoms with van der Waals surface area (Å²) < 4.78 is 12.6. The summed E-state index contributed by atoms with van der Waals surface area (Å²) in [6.45, 7) is 0. The van der Waals surface area contributed by atoms with Crippen LogP contribution >= 0.6 is 0 Å². The number of rotatable bonds is 6. The Labute approximate surface area is 302 Å². The highest BCUT2D eigenvalue weighted by molar-refractivity contribution is 5.97. The van der Waals surface area contributed by atoms with Crippen molar-refractivity contribution in [1.82, 2.24) is 19.9 Å². The largest absolute Gasteiger partial charge is 0.372 e. The zero-order chi connectivity index (χ0) is 35.0. The first-order valence-electron chi connectivity index (χ1n) is 17.5. The van der Waals surface area contributed by atoms with Crippen LogP contribution in [-0.2, 0) is 9.47 Å². The molecular weight excluding hydrogens is 641 g/mol. The number of methoxy groups -OCH3 is 2. The minimum Gasteiger partial charge on any atom is -0.372 e. The summed E-state index contributed by atoms with van der Waals surface area (Å²) >= 11 is 0. The van der Waals surface area contributed by atoms with Crippen molar-refractivity contribution in [3.63, 3.8) is 0 Å². The van der Waals surface area contributed by atoms with Crippen LogP contribution in [0.4, 0.5) is 0 Å². The Bertz CT molecular complexity index is 2420. The lowest BCUT2D eigenvalue weighted by atomic mass is 9.97. The average molecular weight is 677 g/mol. The van der Waals surface area contributed by atoms with Crippen molar-refractivity contribution in [3.05, 3.63) is 168 Å². The Morgan fingerprint density at radius 3 is 1.02 bits per heavy atom. The molecule has 9 rings (SSSR count). The van der Waals surface area contributed by atoms with Crippen LogP contribution in [0.5, 0.6) is 0 Å². The number of hydrogen-bond donors (Lipinski definition) is 2. The molecule has 0 radical (unpaired) electrons. The maximum Gasteiger partial charge on any atom is 0.132 e. The standard InChI is InChI=1S/C46H36N4O2/c1-51-45-43-41(31-19-11-5-12-20-31)37-27-25-35(48-37)39(29-15-7-3-8-16-29)33-23-24-34(47-33)40(30-17-9-4-10-18-30)36-26-28-38(49-36)42(32-21-13-6-14-22-32)44(50-43)46(45)52-2/h3-28,45-46,48-49H,1-2H3/t45-,46+. The number of nitrogens with one attached hydrogen (secondary N) is 2. The highest BCUT2D eigenvalue weighted by atomic mass is 16.5. The number of benzene rings is 4. The van der Waals surface area contributed by atoms with E-state index in [1.54, 1.807) is 14.2 Å². The Kier molecular flexibility index (Phi) is 8.16. The molecule has 3 aromatic heterocycles. The summed E-state index contributed by atoms with van der Waals surface area (Å²) in [5.74, 6) is 0. The predicted molar refractivity (Wildman–Crippen MR) is 211 cm³/mol. The Hall–Kier alpha value is -6.34. The summed E-state index contributed by atoms with van der Waals surface area (Å²) in [5, 5.41) is 0. The fourth-order valence-corrected chi connectivity index (χ4v) is 7.61. The van der Waals surface area contributed by atoms with E-state index in [2.05, 4.69) is 143 Å². The van der Waals surface area contributed by atoms with E-state index in [1.165, 1.54) is 0 Å². The molecule has 0 fully saturated rings. The van der Waals surface area contributed by atoms with Crippen molar-refractivity contribution in [2.45, 2.75) is 12.2 Å². The number of fused-ring (bicyclic) bond motifs is 8. The van der Waals surface area contributed by atoms with E-state index in [0.717, 1.165) is 89.4 Å². The van der Waals surface area contributed by atoms with Gasteiger partial charge in [0, 0.05) is 58.5 Å². The Morgan fingerprint density at radius 2 is 0.692 bits per heavy atom. The van der Waals surface area contributed by atoms with Gasteiger partial charge >= 0.3 is 0 Å². The van der Waals surface area contributed by atoms with Gasteiger partial charge in [-0.3, -0.25) is 4.98 Å². The van der Waals surface area contributed by atoms with Gasteiger partial charge < -0.3 is 19.4 Å². The zero-order valence-electron chi connectivity index (χ0n) is 28.9. The third-order valence-electron chi connectivity index (χ3n) is 9.93. The zero-order valence-corrected chi connectivity index (χ0v) is 28.9. The van der Waals surface area contributed by atoms with Crippen LogP contribution in [-0.4, -0.2) is 34.2 Å². The monoisotopic (exact) mass is 676 g/mol. The summed E-state index contributed by atoms with van der Waals surface area (Å²) in [4.78, 5) is 18.5. The number of hydrogen-bond acceptors (Lipinski definition) is 4. The fraction of sp³-hybridized carbons (Fsp3) is 0.0870. The highest BCUT2D eigenvalue weighted by Crippen LogP contribution is 2.47. The molecule has 0 spiro atoms. The molecule has 7 aromatic rings. The third-order valence-corrected chi connectivity index (χ3v) is 9.93. The molecule has 4 aromatic carbocycles. The number of ether oxygens (including phenoxy) is 2. The first-order chi connectivity index (χ1) is 25.7. The van der Waals surface area contributed by atoms with Crippen molar-refractivity contribution in [2.24, 2.45) is 0 Å². The van der Waals surface area contributed by atoms with E-state index in [9.17, 15) is 0 Å². The molecule has 52 heavy (non-hydrogen) atoms. The average Bonchev–Trinajstić information content (AvgIpc) is 4.03. The number of nitrogens with zero attached hydrogens (tertiary/aromatic N) is 2. The maximum atomic E-state index is 6.32. The molecule has 2 atom stereocenters. The molecule has 0 saturated carbocycles. The van der Waals surface area contributed by atoms with E-state index in [1.807, 2.05) is 24.3 Å². The topological polar surface area (TPSA) is 75.8 Å². The molecule has 0 amide bonds. The van der Waals surface area contributed by atoms with E-state index >= 15 is 0 Å². The smallest absolute Gasteiger partial charge is 0.132 e. The molecule has 6 nitrogen and oxygen atoms in total. The lowest BCUT2D eigenvalue weighted by Crippen LogP contribution is -2.11. The molecule has 8 bridgehead atoms. The van der Waals surface area contributed by atoms with Gasteiger partial charge in [0.05, 0.1) is 22.8 Å². The number of H-pyrrole nitrogens is 2. The first kappa shape index (κ1) is 31.6. The summed E-state index contributed by atoms with van der Waals surface area (Å²) in [6, 6.07) is 50.2. The van der Waals surface area contributed by atoms with Crippen LogP contribution in [0.3, 0.4) is 0 Å². The molecule has 0 saturated heterocycles. The van der Waals surface area contributed by atoms with Crippen molar-refractivity contribution >= 4 is 34.2 Å². The van der Waals surface area contributed by atoms with Crippen LogP contribution in [0.2, 0.25) is 0 Å². The minimum absolute atomic E-state index is 0.478. The molecule has 0 unspecified atom stereocenters. The lowest BCUT2D eigenvalue weighted by Gasteiger charge is -2.20. The second-order valence-corrected chi connectivity index (χ2v) is 12.9. The molecule has 2 aliphatic heterocycles. The summed E-state index contributed by atoms with van der Waals surface area (Å²) in [6.07, 6.45) is 3.29. The van der Waals surface area contributed by atoms with E-state index in [4.69, 9.17) is 19.4 Å². The van der Waals surface area contributed by atoms with Crippen LogP contribution in [0.1, 0.15) is 35.0 Å². The second kappa shape index (κ2) is 13.4. The van der Waals surface area contributed by atoms with Gasteiger partial charge in [-0.05, 0) is 58.7 Å². The molecule has 2 N–H and O–H groups in total. The van der Waals surface area contributed by atoms with Gasteiger partial charge in [-0.15, -0.1) is 0 Å². The van der Waals surface area contributed by atoms with Gasteiger partial charge in [0.25, 0.3) is 0 Å². The van der Waals surface area contributed by atoms with Crippen LogP contribution in [0, 0.1) is 0 Å². The first-order valence-corrected chi connectivity index (χ1v) is 17.5. The number of aromatic nitrogens is 4. The van der Waals surface area contributed by atoms with Crippen molar-refractivity contribution in [3.8, 4) is 44.5 Å². The van der Waals surface area contributed by atoms with Crippen molar-refractivity contribution < 1.29 is 9.47 Å². The maximum absolute atomic E-state index is 6.32. The van der Waals surface area contributed by atoms with E-state index in [0.29, 0.717) is 0 Å². The second-order valence-electron chi connectivity index (χ2n) is 12.9. The lowest BCUT2D eigenvalue weighted by molar-refractivity contribution is -0.0325. The molecular formula is C46H36N4O2. The minimum atomic E-state index is -0.478. The molecule has 2 aliphatic rings. The van der Waals surface area contributed by atoms with Gasteiger partial charge in [-0.25, -0.2) is 4.98 Å². The molecule has 5 heterocycles. The highest BCUT2D eigenvalue weighted by Gasteiger charge is 2.37. The number of aromatic amines is 2. The summed E-state index contributed by atoms with van der Waals surface area (Å²) in [7, 11) is 3.46. The molecule has 0 aliphatic carbocycles. The van der Waals surface area contributed by atoms with Crippen molar-refractivity contribution in [2.75, 3.05) is 14.2 Å². The quantitative estimate of drug-likeness (QED) is 0.184. The normalized spacial score (nSPS) is 15.2. The van der Waals surface area contributed by atoms with E-state index < -0.39 is 12.2 Å². The SMILES string of the molecule is CO[C@@H]1c2nc(c(-c3ccccc3)c3ccc([nH]3)c(-c3ccccc3)c3nc(c(-c4ccccc4)c4ccc([nH]4)c2-c2ccccc2)C=C3)[C@@H]1OC. The molecule has 6 heteroatoms. The third kappa shape index (κ3) is 5.46.